The topological polar surface area (TPSA) is 66.5 Å². The smallest absolute Gasteiger partial charge is 0.263 e. The van der Waals surface area contributed by atoms with Gasteiger partial charge < -0.3 is 4.90 Å². The van der Waals surface area contributed by atoms with E-state index in [1.807, 2.05) is 24.0 Å². The number of thiophene rings is 1. The van der Waals surface area contributed by atoms with Crippen LogP contribution in [0, 0.1) is 6.92 Å². The van der Waals surface area contributed by atoms with Gasteiger partial charge >= 0.3 is 0 Å². The zero-order valence-electron chi connectivity index (χ0n) is 14.9. The molecule has 0 aliphatic carbocycles. The highest BCUT2D eigenvalue weighted by Gasteiger charge is 2.21. The number of carbonyl (C=O) groups is 1. The molecule has 4 rings (SSSR count). The van der Waals surface area contributed by atoms with Gasteiger partial charge in [-0.3, -0.25) is 9.52 Å². The lowest BCUT2D eigenvalue weighted by atomic mass is 10.2. The maximum absolute atomic E-state index is 12.6. The average Bonchev–Trinajstić information content (AvgIpc) is 3.30. The molecule has 1 aliphatic rings. The molecule has 140 valence electrons. The lowest BCUT2D eigenvalue weighted by Crippen LogP contribution is -2.26. The van der Waals surface area contributed by atoms with Crippen LogP contribution in [-0.2, 0) is 10.0 Å². The summed E-state index contributed by atoms with van der Waals surface area (Å²) in [6.45, 7) is 3.54. The molecule has 2 aromatic carbocycles. The van der Waals surface area contributed by atoms with E-state index in [9.17, 15) is 13.2 Å². The molecule has 7 heteroatoms. The number of fused-ring (bicyclic) bond motifs is 1. The Hall–Kier alpha value is -2.38. The summed E-state index contributed by atoms with van der Waals surface area (Å²) in [4.78, 5) is 15.4. The van der Waals surface area contributed by atoms with Crippen molar-refractivity contribution in [2.45, 2.75) is 24.7 Å². The summed E-state index contributed by atoms with van der Waals surface area (Å²) >= 11 is 1.45. The van der Waals surface area contributed by atoms with Crippen LogP contribution >= 0.6 is 11.3 Å². The largest absolute Gasteiger partial charge is 0.338 e. The Labute approximate surface area is 162 Å². The third-order valence-electron chi connectivity index (χ3n) is 4.70. The Morgan fingerprint density at radius 1 is 1.04 bits per heavy atom. The van der Waals surface area contributed by atoms with Crippen LogP contribution in [0.2, 0.25) is 0 Å². The fourth-order valence-corrected chi connectivity index (χ4v) is 5.28. The van der Waals surface area contributed by atoms with E-state index in [0.29, 0.717) is 10.6 Å². The summed E-state index contributed by atoms with van der Waals surface area (Å²) in [6.07, 6.45) is 2.11. The zero-order chi connectivity index (χ0) is 19.0. The van der Waals surface area contributed by atoms with E-state index in [4.69, 9.17) is 0 Å². The molecule has 3 aromatic rings. The van der Waals surface area contributed by atoms with Gasteiger partial charge in [0.05, 0.1) is 9.77 Å². The van der Waals surface area contributed by atoms with Crippen molar-refractivity contribution in [1.29, 1.82) is 0 Å². The molecule has 27 heavy (non-hydrogen) atoms. The molecule has 0 saturated carbocycles. The SMILES string of the molecule is Cc1ccc(S(=O)(=O)Nc2ccc3sc(C(=O)N4CCCC4)cc3c2)cc1. The summed E-state index contributed by atoms with van der Waals surface area (Å²) in [5, 5.41) is 0.867. The monoisotopic (exact) mass is 400 g/mol. The number of hydrogen-bond donors (Lipinski definition) is 1. The standard InChI is InChI=1S/C20H20N2O3S2/c1-14-4-7-17(8-5-14)27(24,25)21-16-6-9-18-15(12-16)13-19(26-18)20(23)22-10-2-3-11-22/h4-9,12-13,21H,2-3,10-11H2,1H3. The van der Waals surface area contributed by atoms with Crippen molar-refractivity contribution >= 4 is 43.0 Å². The second kappa shape index (κ2) is 6.98. The molecule has 5 nitrogen and oxygen atoms in total. The summed E-state index contributed by atoms with van der Waals surface area (Å²) in [5.74, 6) is 0.0653. The van der Waals surface area contributed by atoms with E-state index in [1.54, 1.807) is 36.4 Å². The van der Waals surface area contributed by atoms with Crippen LogP contribution in [-0.4, -0.2) is 32.3 Å². The molecular weight excluding hydrogens is 380 g/mol. The van der Waals surface area contributed by atoms with Crippen LogP contribution in [0.5, 0.6) is 0 Å². The maximum atomic E-state index is 12.6. The fraction of sp³-hybridized carbons (Fsp3) is 0.250. The molecule has 0 radical (unpaired) electrons. The maximum Gasteiger partial charge on any atom is 0.263 e. The van der Waals surface area contributed by atoms with E-state index in [2.05, 4.69) is 4.72 Å². The highest BCUT2D eigenvalue weighted by atomic mass is 32.2. The molecule has 0 unspecified atom stereocenters. The number of nitrogens with zero attached hydrogens (tertiary/aromatic N) is 1. The minimum Gasteiger partial charge on any atom is -0.338 e. The Morgan fingerprint density at radius 2 is 1.74 bits per heavy atom. The quantitative estimate of drug-likeness (QED) is 0.712. The van der Waals surface area contributed by atoms with Crippen LogP contribution in [0.15, 0.2) is 53.4 Å². The first-order valence-electron chi connectivity index (χ1n) is 8.85. The summed E-state index contributed by atoms with van der Waals surface area (Å²) < 4.78 is 28.7. The summed E-state index contributed by atoms with van der Waals surface area (Å²) in [6, 6.07) is 13.9. The van der Waals surface area contributed by atoms with Gasteiger partial charge in [-0.15, -0.1) is 11.3 Å². The molecule has 1 N–H and O–H groups in total. The number of amides is 1. The molecule has 0 atom stereocenters. The van der Waals surface area contributed by atoms with Gasteiger partial charge in [0.25, 0.3) is 15.9 Å². The van der Waals surface area contributed by atoms with E-state index >= 15 is 0 Å². The van der Waals surface area contributed by atoms with Gasteiger partial charge in [-0.1, -0.05) is 17.7 Å². The van der Waals surface area contributed by atoms with Gasteiger partial charge in [0, 0.05) is 23.5 Å². The highest BCUT2D eigenvalue weighted by Crippen LogP contribution is 2.30. The van der Waals surface area contributed by atoms with Gasteiger partial charge in [-0.05, 0) is 61.5 Å². The number of anilines is 1. The van der Waals surface area contributed by atoms with E-state index < -0.39 is 10.0 Å². The van der Waals surface area contributed by atoms with Crippen molar-refractivity contribution in [3.05, 3.63) is 59.0 Å². The number of nitrogens with one attached hydrogen (secondary N) is 1. The lowest BCUT2D eigenvalue weighted by molar-refractivity contribution is 0.0797. The second-order valence-corrected chi connectivity index (χ2v) is 9.55. The van der Waals surface area contributed by atoms with E-state index in [-0.39, 0.29) is 10.8 Å². The third kappa shape index (κ3) is 3.70. The minimum atomic E-state index is -3.64. The molecule has 1 saturated heterocycles. The Kier molecular flexibility index (Phi) is 4.65. The van der Waals surface area contributed by atoms with Gasteiger partial charge in [0.2, 0.25) is 0 Å². The Balaban J connectivity index is 1.59. The first kappa shape index (κ1) is 18.0. The Bertz CT molecular complexity index is 1100. The van der Waals surface area contributed by atoms with Crippen molar-refractivity contribution in [3.8, 4) is 0 Å². The zero-order valence-corrected chi connectivity index (χ0v) is 16.6. The predicted molar refractivity (Wildman–Crippen MR) is 109 cm³/mol. The number of rotatable bonds is 4. The number of carbonyl (C=O) groups excluding carboxylic acids is 1. The van der Waals surface area contributed by atoms with Crippen LogP contribution in [0.25, 0.3) is 10.1 Å². The Morgan fingerprint density at radius 3 is 2.44 bits per heavy atom. The second-order valence-electron chi connectivity index (χ2n) is 6.78. The fourth-order valence-electron chi connectivity index (χ4n) is 3.22. The van der Waals surface area contributed by atoms with Crippen molar-refractivity contribution < 1.29 is 13.2 Å². The first-order valence-corrected chi connectivity index (χ1v) is 11.1. The molecule has 1 amide bonds. The molecule has 0 bridgehead atoms. The number of likely N-dealkylation sites (tertiary alicyclic amines) is 1. The molecule has 2 heterocycles. The highest BCUT2D eigenvalue weighted by molar-refractivity contribution is 7.92. The van der Waals surface area contributed by atoms with Gasteiger partial charge in [0.1, 0.15) is 0 Å². The van der Waals surface area contributed by atoms with Crippen molar-refractivity contribution in [3.63, 3.8) is 0 Å². The number of hydrogen-bond acceptors (Lipinski definition) is 4. The summed E-state index contributed by atoms with van der Waals surface area (Å²) in [7, 11) is -3.64. The predicted octanol–water partition coefficient (Wildman–Crippen LogP) is 4.25. The summed E-state index contributed by atoms with van der Waals surface area (Å²) in [5.41, 5.74) is 1.49. The van der Waals surface area contributed by atoms with Crippen LogP contribution in [0.4, 0.5) is 5.69 Å². The van der Waals surface area contributed by atoms with Crippen LogP contribution in [0.3, 0.4) is 0 Å². The van der Waals surface area contributed by atoms with Crippen LogP contribution in [0.1, 0.15) is 28.1 Å². The third-order valence-corrected chi connectivity index (χ3v) is 7.21. The number of aryl methyl sites for hydroxylation is 1. The minimum absolute atomic E-state index is 0.0653. The number of sulfonamides is 1. The van der Waals surface area contributed by atoms with Gasteiger partial charge in [-0.25, -0.2) is 8.42 Å². The van der Waals surface area contributed by atoms with Gasteiger partial charge in [-0.2, -0.15) is 0 Å². The molecule has 1 fully saturated rings. The van der Waals surface area contributed by atoms with E-state index in [0.717, 1.165) is 41.6 Å². The lowest BCUT2D eigenvalue weighted by Gasteiger charge is -2.13. The molecular formula is C20H20N2O3S2. The molecule has 0 spiro atoms. The first-order chi connectivity index (χ1) is 12.9. The average molecular weight is 401 g/mol. The van der Waals surface area contributed by atoms with E-state index in [1.165, 1.54) is 11.3 Å². The van der Waals surface area contributed by atoms with Crippen molar-refractivity contribution in [2.24, 2.45) is 0 Å². The molecule has 1 aromatic heterocycles. The van der Waals surface area contributed by atoms with Crippen LogP contribution < -0.4 is 4.72 Å². The van der Waals surface area contributed by atoms with Gasteiger partial charge in [0.15, 0.2) is 0 Å². The molecule has 1 aliphatic heterocycles. The number of benzene rings is 2. The van der Waals surface area contributed by atoms with Crippen molar-refractivity contribution in [2.75, 3.05) is 17.8 Å². The normalized spacial score (nSPS) is 14.6. The van der Waals surface area contributed by atoms with Crippen molar-refractivity contribution in [1.82, 2.24) is 4.90 Å².